The van der Waals surface area contributed by atoms with Crippen LogP contribution in [-0.4, -0.2) is 32.3 Å². The van der Waals surface area contributed by atoms with Crippen molar-refractivity contribution in [3.63, 3.8) is 0 Å². The molecule has 132 valence electrons. The lowest BCUT2D eigenvalue weighted by Gasteiger charge is -2.38. The summed E-state index contributed by atoms with van der Waals surface area (Å²) in [6.07, 6.45) is 2.29. The lowest BCUT2D eigenvalue weighted by Crippen LogP contribution is -2.49. The molecular weight excluding hydrogens is 362 g/mol. The standard InChI is InChI=1S/C14H11F4N5OS/c1-24-13(7-23-8-20-21-22-23,10-3-2-9(15)6-11(10)16)14(17,18)12-19-4-5-25-12/h2-6,8H,7H2,1H3. The maximum absolute atomic E-state index is 15.3. The van der Waals surface area contributed by atoms with E-state index in [1.54, 1.807) is 0 Å². The van der Waals surface area contributed by atoms with Crippen molar-refractivity contribution in [2.75, 3.05) is 7.11 Å². The Morgan fingerprint density at radius 2 is 2.08 bits per heavy atom. The number of benzene rings is 1. The Morgan fingerprint density at radius 1 is 1.28 bits per heavy atom. The highest BCUT2D eigenvalue weighted by Crippen LogP contribution is 2.50. The summed E-state index contributed by atoms with van der Waals surface area (Å²) in [4.78, 5) is 3.63. The van der Waals surface area contributed by atoms with Crippen molar-refractivity contribution in [3.8, 4) is 0 Å². The van der Waals surface area contributed by atoms with Crippen LogP contribution in [0.25, 0.3) is 0 Å². The van der Waals surface area contributed by atoms with Crippen LogP contribution < -0.4 is 0 Å². The molecular formula is C14H11F4N5OS. The fourth-order valence-corrected chi connectivity index (χ4v) is 3.19. The van der Waals surface area contributed by atoms with E-state index in [2.05, 4.69) is 20.5 Å². The quantitative estimate of drug-likeness (QED) is 0.622. The predicted octanol–water partition coefficient (Wildman–Crippen LogP) is 2.74. The van der Waals surface area contributed by atoms with Gasteiger partial charge in [-0.3, -0.25) is 0 Å². The number of methoxy groups -OCH3 is 1. The molecule has 1 aromatic carbocycles. The molecule has 25 heavy (non-hydrogen) atoms. The van der Waals surface area contributed by atoms with E-state index in [1.807, 2.05) is 0 Å². The smallest absolute Gasteiger partial charge is 0.333 e. The Balaban J connectivity index is 2.22. The van der Waals surface area contributed by atoms with Crippen molar-refractivity contribution < 1.29 is 22.3 Å². The molecule has 0 bridgehead atoms. The second-order valence-electron chi connectivity index (χ2n) is 5.07. The lowest BCUT2D eigenvalue weighted by molar-refractivity contribution is -0.221. The van der Waals surface area contributed by atoms with Gasteiger partial charge in [0.2, 0.25) is 0 Å². The van der Waals surface area contributed by atoms with Crippen molar-refractivity contribution in [1.82, 2.24) is 25.2 Å². The van der Waals surface area contributed by atoms with Gasteiger partial charge in [-0.2, -0.15) is 8.78 Å². The van der Waals surface area contributed by atoms with Gasteiger partial charge in [-0.05, 0) is 22.6 Å². The maximum Gasteiger partial charge on any atom is 0.333 e. The van der Waals surface area contributed by atoms with E-state index in [0.29, 0.717) is 17.4 Å². The molecule has 2 heterocycles. The van der Waals surface area contributed by atoms with Crippen LogP contribution in [0.15, 0.2) is 36.1 Å². The summed E-state index contributed by atoms with van der Waals surface area (Å²) in [5.41, 5.74) is -3.08. The minimum Gasteiger partial charge on any atom is -0.365 e. The molecule has 0 fully saturated rings. The van der Waals surface area contributed by atoms with Crippen molar-refractivity contribution >= 4 is 11.3 Å². The monoisotopic (exact) mass is 373 g/mol. The first-order valence-corrected chi connectivity index (χ1v) is 7.78. The molecule has 0 spiro atoms. The van der Waals surface area contributed by atoms with Gasteiger partial charge in [-0.15, -0.1) is 16.4 Å². The Hall–Kier alpha value is -2.40. The maximum atomic E-state index is 15.3. The Labute approximate surface area is 143 Å². The van der Waals surface area contributed by atoms with Gasteiger partial charge in [0.25, 0.3) is 0 Å². The number of hydrogen-bond acceptors (Lipinski definition) is 6. The molecule has 3 rings (SSSR count). The third kappa shape index (κ3) is 2.89. The van der Waals surface area contributed by atoms with E-state index in [4.69, 9.17) is 4.74 Å². The molecule has 0 aliphatic rings. The zero-order chi connectivity index (χ0) is 18.1. The topological polar surface area (TPSA) is 65.7 Å². The van der Waals surface area contributed by atoms with E-state index >= 15 is 8.78 Å². The number of ether oxygens (including phenoxy) is 1. The van der Waals surface area contributed by atoms with E-state index < -0.39 is 40.3 Å². The summed E-state index contributed by atoms with van der Waals surface area (Å²) in [7, 11) is 1.01. The molecule has 3 aromatic rings. The van der Waals surface area contributed by atoms with Crippen molar-refractivity contribution in [2.24, 2.45) is 0 Å². The number of aromatic nitrogens is 5. The second kappa shape index (κ2) is 6.48. The summed E-state index contributed by atoms with van der Waals surface area (Å²) >= 11 is 0.690. The van der Waals surface area contributed by atoms with Crippen molar-refractivity contribution in [2.45, 2.75) is 18.1 Å². The van der Waals surface area contributed by atoms with Crippen LogP contribution >= 0.6 is 11.3 Å². The first-order chi connectivity index (χ1) is 11.9. The normalized spacial score (nSPS) is 14.4. The number of tetrazole rings is 1. The molecule has 6 nitrogen and oxygen atoms in total. The summed E-state index contributed by atoms with van der Waals surface area (Å²) in [5, 5.41) is 11.1. The number of alkyl halides is 2. The highest BCUT2D eigenvalue weighted by atomic mass is 32.1. The SMILES string of the molecule is COC(Cn1cnnn1)(c1ccc(F)cc1F)C(F)(F)c1nccs1. The summed E-state index contributed by atoms with van der Waals surface area (Å²) in [6.45, 7) is -0.619. The first kappa shape index (κ1) is 17.4. The second-order valence-corrected chi connectivity index (χ2v) is 5.97. The van der Waals surface area contributed by atoms with Crippen LogP contribution in [0.4, 0.5) is 17.6 Å². The van der Waals surface area contributed by atoms with Crippen LogP contribution in [0.5, 0.6) is 0 Å². The predicted molar refractivity (Wildman–Crippen MR) is 78.9 cm³/mol. The Bertz CT molecular complexity index is 843. The minimum absolute atomic E-state index is 0.515. The number of halogens is 4. The third-order valence-corrected chi connectivity index (χ3v) is 4.54. The summed E-state index contributed by atoms with van der Waals surface area (Å²) in [6, 6.07) is 2.31. The average Bonchev–Trinajstić information content (AvgIpc) is 3.26. The van der Waals surface area contributed by atoms with Gasteiger partial charge in [-0.1, -0.05) is 0 Å². The molecule has 0 aliphatic carbocycles. The molecule has 0 aliphatic heterocycles. The van der Waals surface area contributed by atoms with Crippen LogP contribution in [0.2, 0.25) is 0 Å². The highest BCUT2D eigenvalue weighted by Gasteiger charge is 2.60. The molecule has 2 aromatic heterocycles. The first-order valence-electron chi connectivity index (χ1n) is 6.90. The molecule has 11 heteroatoms. The molecule has 0 amide bonds. The fourth-order valence-electron chi connectivity index (χ4n) is 2.51. The van der Waals surface area contributed by atoms with Gasteiger partial charge < -0.3 is 4.74 Å². The number of thiazole rings is 1. The van der Waals surface area contributed by atoms with Crippen LogP contribution in [-0.2, 0) is 22.8 Å². The van der Waals surface area contributed by atoms with Crippen LogP contribution in [0.3, 0.4) is 0 Å². The number of nitrogens with zero attached hydrogens (tertiary/aromatic N) is 5. The summed E-state index contributed by atoms with van der Waals surface area (Å²) < 4.78 is 64.5. The van der Waals surface area contributed by atoms with Gasteiger partial charge in [-0.25, -0.2) is 18.4 Å². The molecule has 0 saturated heterocycles. The Morgan fingerprint density at radius 3 is 2.64 bits per heavy atom. The van der Waals surface area contributed by atoms with Gasteiger partial charge in [0.05, 0.1) is 6.54 Å². The van der Waals surface area contributed by atoms with E-state index in [1.165, 1.54) is 11.6 Å². The van der Waals surface area contributed by atoms with Gasteiger partial charge >= 0.3 is 5.92 Å². The van der Waals surface area contributed by atoms with Crippen molar-refractivity contribution in [3.05, 3.63) is 58.3 Å². The van der Waals surface area contributed by atoms with E-state index in [0.717, 1.165) is 30.3 Å². The van der Waals surface area contributed by atoms with Crippen molar-refractivity contribution in [1.29, 1.82) is 0 Å². The fraction of sp³-hybridized carbons (Fsp3) is 0.286. The molecule has 0 saturated carbocycles. The lowest BCUT2D eigenvalue weighted by atomic mass is 9.86. The van der Waals surface area contributed by atoms with E-state index in [9.17, 15) is 8.78 Å². The largest absolute Gasteiger partial charge is 0.365 e. The van der Waals surface area contributed by atoms with Gasteiger partial charge in [0.15, 0.2) is 10.6 Å². The molecule has 0 radical (unpaired) electrons. The van der Waals surface area contributed by atoms with E-state index in [-0.39, 0.29) is 0 Å². The average molecular weight is 373 g/mol. The zero-order valence-corrected chi connectivity index (χ0v) is 13.6. The Kier molecular flexibility index (Phi) is 4.52. The highest BCUT2D eigenvalue weighted by molar-refractivity contribution is 7.09. The third-order valence-electron chi connectivity index (χ3n) is 3.70. The summed E-state index contributed by atoms with van der Waals surface area (Å²) in [5.74, 6) is -5.82. The van der Waals surface area contributed by atoms with Crippen LogP contribution in [0, 0.1) is 11.6 Å². The minimum atomic E-state index is -3.75. The molecule has 0 N–H and O–H groups in total. The molecule has 1 atom stereocenters. The number of hydrogen-bond donors (Lipinski definition) is 0. The van der Waals surface area contributed by atoms with Crippen LogP contribution in [0.1, 0.15) is 10.6 Å². The number of rotatable bonds is 6. The molecule has 1 unspecified atom stereocenters. The van der Waals surface area contributed by atoms with Gasteiger partial charge in [0.1, 0.15) is 18.0 Å². The zero-order valence-electron chi connectivity index (χ0n) is 12.7. The van der Waals surface area contributed by atoms with Gasteiger partial charge in [0, 0.05) is 30.3 Å².